The van der Waals surface area contributed by atoms with E-state index in [1.807, 2.05) is 19.9 Å². The Hall–Kier alpha value is -2.08. The normalized spacial score (nSPS) is 10.4. The Morgan fingerprint density at radius 3 is 2.68 bits per heavy atom. The summed E-state index contributed by atoms with van der Waals surface area (Å²) in [6, 6.07) is 6.83. The number of nitrogens with zero attached hydrogens (tertiary/aromatic N) is 1. The number of aromatic hydroxyl groups is 1. The smallest absolute Gasteiger partial charge is 0.324 e. The number of aryl methyl sites for hydroxylation is 2. The van der Waals surface area contributed by atoms with Crippen LogP contribution in [0.5, 0.6) is 5.75 Å². The van der Waals surface area contributed by atoms with Crippen molar-refractivity contribution in [1.29, 1.82) is 0 Å². The first-order valence-corrected chi connectivity index (χ1v) is 6.56. The van der Waals surface area contributed by atoms with E-state index in [-0.39, 0.29) is 15.7 Å². The molecule has 0 aliphatic rings. The molecule has 1 heterocycles. The number of phenols is 1. The van der Waals surface area contributed by atoms with E-state index in [4.69, 9.17) is 0 Å². The van der Waals surface area contributed by atoms with Crippen molar-refractivity contribution < 1.29 is 10.0 Å². The summed E-state index contributed by atoms with van der Waals surface area (Å²) in [5, 5.41) is 23.5. The average Bonchev–Trinajstić information content (AvgIpc) is 2.81. The summed E-state index contributed by atoms with van der Waals surface area (Å²) in [7, 11) is 0. The Labute approximate surface area is 114 Å². The molecule has 0 bridgehead atoms. The first kappa shape index (κ1) is 13.4. The van der Waals surface area contributed by atoms with Crippen molar-refractivity contribution in [3.63, 3.8) is 0 Å². The SMILES string of the molecule is Cc1cc(NCc2ccc([N+](=O)[O-])s2)c(C)cc1O. The number of nitro groups is 1. The van der Waals surface area contributed by atoms with E-state index in [0.717, 1.165) is 33.0 Å². The zero-order valence-corrected chi connectivity index (χ0v) is 11.5. The molecule has 0 saturated heterocycles. The maximum absolute atomic E-state index is 10.6. The van der Waals surface area contributed by atoms with Crippen LogP contribution in [0.25, 0.3) is 0 Å². The molecule has 1 aromatic carbocycles. The van der Waals surface area contributed by atoms with E-state index in [2.05, 4.69) is 5.32 Å². The van der Waals surface area contributed by atoms with Gasteiger partial charge in [-0.25, -0.2) is 0 Å². The summed E-state index contributed by atoms with van der Waals surface area (Å²) in [4.78, 5) is 11.1. The number of hydrogen-bond donors (Lipinski definition) is 2. The van der Waals surface area contributed by atoms with Gasteiger partial charge in [0.05, 0.1) is 4.92 Å². The third-order valence-electron chi connectivity index (χ3n) is 2.82. The van der Waals surface area contributed by atoms with Crippen LogP contribution in [-0.4, -0.2) is 10.0 Å². The summed E-state index contributed by atoms with van der Waals surface area (Å²) in [5.41, 5.74) is 2.66. The van der Waals surface area contributed by atoms with Crippen LogP contribution in [0.1, 0.15) is 16.0 Å². The fourth-order valence-corrected chi connectivity index (χ4v) is 2.49. The van der Waals surface area contributed by atoms with Gasteiger partial charge in [-0.1, -0.05) is 11.3 Å². The lowest BCUT2D eigenvalue weighted by molar-refractivity contribution is -0.380. The van der Waals surface area contributed by atoms with E-state index in [1.165, 1.54) is 6.07 Å². The predicted octanol–water partition coefficient (Wildman–Crippen LogP) is 3.59. The van der Waals surface area contributed by atoms with Crippen molar-refractivity contribution in [2.24, 2.45) is 0 Å². The lowest BCUT2D eigenvalue weighted by Crippen LogP contribution is -1.99. The Balaban J connectivity index is 2.09. The van der Waals surface area contributed by atoms with Gasteiger partial charge in [0.2, 0.25) is 0 Å². The van der Waals surface area contributed by atoms with Crippen molar-refractivity contribution in [3.05, 3.63) is 50.4 Å². The number of anilines is 1. The molecule has 0 unspecified atom stereocenters. The molecular formula is C13H14N2O3S. The van der Waals surface area contributed by atoms with Gasteiger partial charge >= 0.3 is 5.00 Å². The zero-order chi connectivity index (χ0) is 14.0. The van der Waals surface area contributed by atoms with Gasteiger partial charge in [-0.15, -0.1) is 0 Å². The minimum atomic E-state index is -0.385. The summed E-state index contributed by atoms with van der Waals surface area (Å²) in [6.45, 7) is 4.26. The molecule has 0 radical (unpaired) electrons. The second-order valence-corrected chi connectivity index (χ2v) is 5.45. The van der Waals surface area contributed by atoms with Gasteiger partial charge in [-0.05, 0) is 43.2 Å². The maximum atomic E-state index is 10.6. The Kier molecular flexibility index (Phi) is 3.71. The molecule has 0 spiro atoms. The van der Waals surface area contributed by atoms with Crippen LogP contribution >= 0.6 is 11.3 Å². The van der Waals surface area contributed by atoms with Gasteiger partial charge in [0.1, 0.15) is 5.75 Å². The third-order valence-corrected chi connectivity index (χ3v) is 3.86. The molecule has 100 valence electrons. The van der Waals surface area contributed by atoms with Crippen molar-refractivity contribution in [3.8, 4) is 5.75 Å². The third kappa shape index (κ3) is 3.03. The summed E-state index contributed by atoms with van der Waals surface area (Å²) >= 11 is 1.16. The second-order valence-electron chi connectivity index (χ2n) is 4.30. The highest BCUT2D eigenvalue weighted by Gasteiger charge is 2.10. The average molecular weight is 278 g/mol. The monoisotopic (exact) mass is 278 g/mol. The van der Waals surface area contributed by atoms with E-state index in [0.29, 0.717) is 6.54 Å². The van der Waals surface area contributed by atoms with Crippen LogP contribution in [-0.2, 0) is 6.54 Å². The Morgan fingerprint density at radius 1 is 1.32 bits per heavy atom. The van der Waals surface area contributed by atoms with Crippen molar-refractivity contribution in [1.82, 2.24) is 0 Å². The first-order valence-electron chi connectivity index (χ1n) is 5.74. The highest BCUT2D eigenvalue weighted by molar-refractivity contribution is 7.15. The van der Waals surface area contributed by atoms with E-state index >= 15 is 0 Å². The number of rotatable bonds is 4. The Bertz CT molecular complexity index is 622. The first-order chi connectivity index (χ1) is 8.97. The van der Waals surface area contributed by atoms with E-state index in [1.54, 1.807) is 12.1 Å². The molecule has 0 saturated carbocycles. The summed E-state index contributed by atoms with van der Waals surface area (Å²) in [5.74, 6) is 0.273. The maximum Gasteiger partial charge on any atom is 0.324 e. The number of hydrogen-bond acceptors (Lipinski definition) is 5. The molecule has 0 aliphatic carbocycles. The highest BCUT2D eigenvalue weighted by atomic mass is 32.1. The number of nitrogens with one attached hydrogen (secondary N) is 1. The number of phenolic OH excluding ortho intramolecular Hbond substituents is 1. The highest BCUT2D eigenvalue weighted by Crippen LogP contribution is 2.27. The fraction of sp³-hybridized carbons (Fsp3) is 0.231. The fourth-order valence-electron chi connectivity index (χ4n) is 1.73. The van der Waals surface area contributed by atoms with E-state index < -0.39 is 0 Å². The minimum absolute atomic E-state index is 0.149. The molecule has 0 amide bonds. The van der Waals surface area contributed by atoms with Gasteiger partial charge < -0.3 is 10.4 Å². The number of benzene rings is 1. The quantitative estimate of drug-likeness (QED) is 0.509. The van der Waals surface area contributed by atoms with Gasteiger partial charge in [0.25, 0.3) is 0 Å². The molecule has 19 heavy (non-hydrogen) atoms. The van der Waals surface area contributed by atoms with Gasteiger partial charge in [-0.2, -0.15) is 0 Å². The molecule has 5 nitrogen and oxygen atoms in total. The molecule has 2 rings (SSSR count). The zero-order valence-electron chi connectivity index (χ0n) is 10.6. The van der Waals surface area contributed by atoms with Gasteiger partial charge in [0, 0.05) is 23.2 Å². The second kappa shape index (κ2) is 5.27. The van der Waals surface area contributed by atoms with Crippen molar-refractivity contribution in [2.75, 3.05) is 5.32 Å². The van der Waals surface area contributed by atoms with Crippen LogP contribution in [0.15, 0.2) is 24.3 Å². The Morgan fingerprint density at radius 2 is 2.05 bits per heavy atom. The molecular weight excluding hydrogens is 264 g/mol. The van der Waals surface area contributed by atoms with Crippen LogP contribution in [0.2, 0.25) is 0 Å². The molecule has 6 heteroatoms. The molecule has 2 N–H and O–H groups in total. The topological polar surface area (TPSA) is 75.4 Å². The molecule has 0 aliphatic heterocycles. The predicted molar refractivity (Wildman–Crippen MR) is 75.9 cm³/mol. The molecule has 1 aromatic heterocycles. The van der Waals surface area contributed by atoms with Crippen LogP contribution in [0, 0.1) is 24.0 Å². The van der Waals surface area contributed by atoms with Crippen LogP contribution in [0.3, 0.4) is 0 Å². The lowest BCUT2D eigenvalue weighted by Gasteiger charge is -2.10. The van der Waals surface area contributed by atoms with Crippen molar-refractivity contribution >= 4 is 22.0 Å². The molecule has 2 aromatic rings. The number of thiophene rings is 1. The lowest BCUT2D eigenvalue weighted by atomic mass is 10.1. The van der Waals surface area contributed by atoms with Crippen LogP contribution < -0.4 is 5.32 Å². The summed E-state index contributed by atoms with van der Waals surface area (Å²) < 4.78 is 0. The minimum Gasteiger partial charge on any atom is -0.508 e. The van der Waals surface area contributed by atoms with Crippen LogP contribution in [0.4, 0.5) is 10.7 Å². The van der Waals surface area contributed by atoms with Gasteiger partial charge in [0.15, 0.2) is 0 Å². The largest absolute Gasteiger partial charge is 0.508 e. The van der Waals surface area contributed by atoms with E-state index in [9.17, 15) is 15.2 Å². The summed E-state index contributed by atoms with van der Waals surface area (Å²) in [6.07, 6.45) is 0. The van der Waals surface area contributed by atoms with Gasteiger partial charge in [-0.3, -0.25) is 10.1 Å². The molecule has 0 atom stereocenters. The standard InChI is InChI=1S/C13H14N2O3S/c1-8-6-12(16)9(2)5-11(8)14-7-10-3-4-13(19-10)15(17)18/h3-6,14,16H,7H2,1-2H3. The van der Waals surface area contributed by atoms with Crippen molar-refractivity contribution in [2.45, 2.75) is 20.4 Å². The molecule has 0 fully saturated rings.